The normalized spacial score (nSPS) is 16.5. The summed E-state index contributed by atoms with van der Waals surface area (Å²) in [5, 5.41) is 0. The van der Waals surface area contributed by atoms with Gasteiger partial charge < -0.3 is 20.3 Å². The molecule has 110 valence electrons. The molecule has 1 aliphatic rings. The monoisotopic (exact) mass is 277 g/mol. The predicted octanol–water partition coefficient (Wildman–Crippen LogP) is 1.59. The molecular formula is C15H23N3O2. The summed E-state index contributed by atoms with van der Waals surface area (Å²) in [5.41, 5.74) is 8.24. The molecule has 2 N–H and O–H groups in total. The second kappa shape index (κ2) is 6.13. The van der Waals surface area contributed by atoms with E-state index in [0.29, 0.717) is 17.3 Å². The number of hydrogen-bond acceptors (Lipinski definition) is 5. The van der Waals surface area contributed by atoms with Gasteiger partial charge >= 0.3 is 5.97 Å². The van der Waals surface area contributed by atoms with E-state index in [1.165, 1.54) is 7.11 Å². The van der Waals surface area contributed by atoms with Gasteiger partial charge in [-0.2, -0.15) is 0 Å². The highest BCUT2D eigenvalue weighted by atomic mass is 16.5. The molecule has 0 unspecified atom stereocenters. The van der Waals surface area contributed by atoms with Gasteiger partial charge in [-0.05, 0) is 45.1 Å². The summed E-state index contributed by atoms with van der Waals surface area (Å²) >= 11 is 0. The Kier molecular flexibility index (Phi) is 4.49. The lowest BCUT2D eigenvalue weighted by atomic mass is 10.0. The fraction of sp³-hybridized carbons (Fsp3) is 0.533. The molecule has 5 nitrogen and oxygen atoms in total. The molecule has 0 spiro atoms. The number of carbonyl (C=O) groups is 1. The van der Waals surface area contributed by atoms with E-state index in [2.05, 4.69) is 23.9 Å². The maximum Gasteiger partial charge on any atom is 0.337 e. The molecule has 1 fully saturated rings. The third-order valence-electron chi connectivity index (χ3n) is 3.99. The molecule has 1 aromatic carbocycles. The molecule has 0 aliphatic carbocycles. The van der Waals surface area contributed by atoms with Gasteiger partial charge in [0.1, 0.15) is 0 Å². The number of hydrogen-bond donors (Lipinski definition) is 1. The molecule has 1 aromatic rings. The quantitative estimate of drug-likeness (QED) is 0.671. The molecule has 0 aromatic heterocycles. The number of ether oxygens (including phenoxy) is 1. The van der Waals surface area contributed by atoms with Crippen LogP contribution in [-0.4, -0.2) is 51.2 Å². The first-order valence-electron chi connectivity index (χ1n) is 6.92. The number of nitrogens with zero attached hydrogens (tertiary/aromatic N) is 2. The van der Waals surface area contributed by atoms with Gasteiger partial charge in [0, 0.05) is 19.1 Å². The number of nitrogens with two attached hydrogens (primary N) is 1. The highest BCUT2D eigenvalue weighted by Crippen LogP contribution is 2.28. The summed E-state index contributed by atoms with van der Waals surface area (Å²) in [4.78, 5) is 16.1. The van der Waals surface area contributed by atoms with Gasteiger partial charge in [-0.3, -0.25) is 0 Å². The zero-order chi connectivity index (χ0) is 14.7. The Morgan fingerprint density at radius 3 is 2.55 bits per heavy atom. The minimum Gasteiger partial charge on any atom is -0.465 e. The lowest BCUT2D eigenvalue weighted by Gasteiger charge is -2.37. The van der Waals surface area contributed by atoms with Crippen molar-refractivity contribution in [2.24, 2.45) is 0 Å². The molecule has 0 bridgehead atoms. The number of nitrogen functional groups attached to an aromatic ring is 1. The van der Waals surface area contributed by atoms with Crippen LogP contribution < -0.4 is 10.6 Å². The Hall–Kier alpha value is -1.75. The van der Waals surface area contributed by atoms with Crippen LogP contribution in [0.5, 0.6) is 0 Å². The third-order valence-corrected chi connectivity index (χ3v) is 3.99. The molecule has 5 heteroatoms. The van der Waals surface area contributed by atoms with Gasteiger partial charge in [-0.15, -0.1) is 0 Å². The largest absolute Gasteiger partial charge is 0.465 e. The van der Waals surface area contributed by atoms with E-state index in [1.54, 1.807) is 12.1 Å². The number of rotatable bonds is 3. The van der Waals surface area contributed by atoms with Crippen LogP contribution >= 0.6 is 0 Å². The molecule has 1 heterocycles. The highest BCUT2D eigenvalue weighted by Gasteiger charge is 2.22. The Balaban J connectivity index is 2.15. The van der Waals surface area contributed by atoms with Crippen molar-refractivity contribution in [1.29, 1.82) is 0 Å². The average molecular weight is 277 g/mol. The first-order valence-corrected chi connectivity index (χ1v) is 6.92. The van der Waals surface area contributed by atoms with Crippen molar-refractivity contribution in [3.8, 4) is 0 Å². The second-order valence-corrected chi connectivity index (χ2v) is 5.45. The molecule has 0 saturated carbocycles. The summed E-state index contributed by atoms with van der Waals surface area (Å²) in [6.07, 6.45) is 2.21. The van der Waals surface area contributed by atoms with Crippen molar-refractivity contribution < 1.29 is 9.53 Å². The van der Waals surface area contributed by atoms with Crippen LogP contribution in [0.2, 0.25) is 0 Å². The molecule has 0 amide bonds. The Morgan fingerprint density at radius 2 is 2.00 bits per heavy atom. The van der Waals surface area contributed by atoms with Crippen LogP contribution in [0.25, 0.3) is 0 Å². The molecule has 1 saturated heterocycles. The van der Waals surface area contributed by atoms with Crippen LogP contribution in [0, 0.1) is 0 Å². The Labute approximate surface area is 120 Å². The lowest BCUT2D eigenvalue weighted by molar-refractivity contribution is 0.0601. The van der Waals surface area contributed by atoms with Gasteiger partial charge in [0.25, 0.3) is 0 Å². The van der Waals surface area contributed by atoms with Crippen LogP contribution in [0.1, 0.15) is 23.2 Å². The van der Waals surface area contributed by atoms with Crippen LogP contribution in [0.3, 0.4) is 0 Å². The molecule has 0 atom stereocenters. The first kappa shape index (κ1) is 14.7. The minimum atomic E-state index is -0.325. The summed E-state index contributed by atoms with van der Waals surface area (Å²) in [6, 6.07) is 5.94. The van der Waals surface area contributed by atoms with Gasteiger partial charge in [-0.1, -0.05) is 0 Å². The van der Waals surface area contributed by atoms with Crippen molar-refractivity contribution in [1.82, 2.24) is 4.90 Å². The number of anilines is 2. The van der Waals surface area contributed by atoms with Crippen molar-refractivity contribution in [3.63, 3.8) is 0 Å². The van der Waals surface area contributed by atoms with E-state index in [-0.39, 0.29) is 5.97 Å². The highest BCUT2D eigenvalue weighted by molar-refractivity contribution is 5.92. The standard InChI is InChI=1S/C15H23N3O2/c1-17(2)12-6-8-18(9-7-12)14-10-11(15(19)20-3)4-5-13(14)16/h4-5,10,12H,6-9,16H2,1-3H3. The van der Waals surface area contributed by atoms with Crippen LogP contribution in [0.15, 0.2) is 18.2 Å². The van der Waals surface area contributed by atoms with Crippen LogP contribution in [-0.2, 0) is 4.74 Å². The molecule has 1 aliphatic heterocycles. The summed E-state index contributed by atoms with van der Waals surface area (Å²) < 4.78 is 4.76. The maximum atomic E-state index is 11.6. The number of methoxy groups -OCH3 is 1. The van der Waals surface area contributed by atoms with E-state index in [1.807, 2.05) is 6.07 Å². The van der Waals surface area contributed by atoms with Crippen molar-refractivity contribution in [3.05, 3.63) is 23.8 Å². The lowest BCUT2D eigenvalue weighted by Crippen LogP contribution is -2.42. The smallest absolute Gasteiger partial charge is 0.337 e. The average Bonchev–Trinajstić information content (AvgIpc) is 2.47. The number of benzene rings is 1. The molecule has 0 radical (unpaired) electrons. The zero-order valence-corrected chi connectivity index (χ0v) is 12.4. The number of esters is 1. The van der Waals surface area contributed by atoms with Crippen molar-refractivity contribution in [2.45, 2.75) is 18.9 Å². The number of piperidine rings is 1. The summed E-state index contributed by atoms with van der Waals surface area (Å²) in [5.74, 6) is -0.325. The predicted molar refractivity (Wildman–Crippen MR) is 81.1 cm³/mol. The SMILES string of the molecule is COC(=O)c1ccc(N)c(N2CCC(N(C)C)CC2)c1. The number of carbonyl (C=O) groups excluding carboxylic acids is 1. The van der Waals surface area contributed by atoms with Gasteiger partial charge in [-0.25, -0.2) is 4.79 Å². The second-order valence-electron chi connectivity index (χ2n) is 5.45. The van der Waals surface area contributed by atoms with E-state index >= 15 is 0 Å². The van der Waals surface area contributed by atoms with Gasteiger partial charge in [0.2, 0.25) is 0 Å². The van der Waals surface area contributed by atoms with Crippen LogP contribution in [0.4, 0.5) is 11.4 Å². The van der Waals surface area contributed by atoms with Crippen molar-refractivity contribution >= 4 is 17.3 Å². The Morgan fingerprint density at radius 1 is 1.35 bits per heavy atom. The van der Waals surface area contributed by atoms with E-state index in [4.69, 9.17) is 10.5 Å². The Bertz CT molecular complexity index is 480. The minimum absolute atomic E-state index is 0.325. The fourth-order valence-electron chi connectivity index (χ4n) is 2.69. The summed E-state index contributed by atoms with van der Waals surface area (Å²) in [7, 11) is 5.63. The molecular weight excluding hydrogens is 254 g/mol. The van der Waals surface area contributed by atoms with Gasteiger partial charge in [0.15, 0.2) is 0 Å². The fourth-order valence-corrected chi connectivity index (χ4v) is 2.69. The van der Waals surface area contributed by atoms with Gasteiger partial charge in [0.05, 0.1) is 24.0 Å². The zero-order valence-electron chi connectivity index (χ0n) is 12.4. The third kappa shape index (κ3) is 3.04. The maximum absolute atomic E-state index is 11.6. The topological polar surface area (TPSA) is 58.8 Å². The van der Waals surface area contributed by atoms with Crippen molar-refractivity contribution in [2.75, 3.05) is 44.9 Å². The summed E-state index contributed by atoms with van der Waals surface area (Å²) in [6.45, 7) is 1.91. The first-order chi connectivity index (χ1) is 9.52. The van der Waals surface area contributed by atoms with E-state index in [9.17, 15) is 4.79 Å². The molecule has 20 heavy (non-hydrogen) atoms. The van der Waals surface area contributed by atoms with E-state index < -0.39 is 0 Å². The van der Waals surface area contributed by atoms with E-state index in [0.717, 1.165) is 31.6 Å². The molecule has 2 rings (SSSR count).